The van der Waals surface area contributed by atoms with Crippen molar-refractivity contribution in [3.63, 3.8) is 0 Å². The molecule has 0 unspecified atom stereocenters. The van der Waals surface area contributed by atoms with Gasteiger partial charge in [-0.25, -0.2) is 4.98 Å². The number of amides is 1. The number of aromatic nitrogens is 1. The summed E-state index contributed by atoms with van der Waals surface area (Å²) >= 11 is 7.50. The van der Waals surface area contributed by atoms with Gasteiger partial charge in [0.05, 0.1) is 10.7 Å². The Morgan fingerprint density at radius 1 is 1.44 bits per heavy atom. The summed E-state index contributed by atoms with van der Waals surface area (Å²) in [5, 5.41) is 1.18. The molecule has 1 fully saturated rings. The topological polar surface area (TPSA) is 33.2 Å². The van der Waals surface area contributed by atoms with Crippen LogP contribution in [0.3, 0.4) is 0 Å². The summed E-state index contributed by atoms with van der Waals surface area (Å²) in [5.41, 5.74) is 0.848. The number of hydrogen-bond acceptors (Lipinski definition) is 3. The van der Waals surface area contributed by atoms with E-state index in [1.165, 1.54) is 11.3 Å². The Labute approximate surface area is 104 Å². The third kappa shape index (κ3) is 2.38. The second kappa shape index (κ2) is 4.72. The zero-order chi connectivity index (χ0) is 11.7. The fourth-order valence-corrected chi connectivity index (χ4v) is 3.01. The van der Waals surface area contributed by atoms with E-state index in [2.05, 4.69) is 4.98 Å². The highest BCUT2D eigenvalue weighted by atomic mass is 35.5. The van der Waals surface area contributed by atoms with Crippen molar-refractivity contribution >= 4 is 28.8 Å². The van der Waals surface area contributed by atoms with Gasteiger partial charge in [-0.15, -0.1) is 22.9 Å². The molecule has 0 radical (unpaired) electrons. The quantitative estimate of drug-likeness (QED) is 0.726. The molecule has 2 rings (SSSR count). The lowest BCUT2D eigenvalue weighted by Gasteiger charge is -2.29. The van der Waals surface area contributed by atoms with Gasteiger partial charge in [-0.3, -0.25) is 4.79 Å². The van der Waals surface area contributed by atoms with Crippen molar-refractivity contribution in [3.05, 3.63) is 15.6 Å². The third-order valence-corrected chi connectivity index (χ3v) is 4.31. The van der Waals surface area contributed by atoms with Crippen LogP contribution in [0.2, 0.25) is 0 Å². The Kier molecular flexibility index (Phi) is 3.50. The summed E-state index contributed by atoms with van der Waals surface area (Å²) in [5.74, 6) is 0.117. The number of carbonyl (C=O) groups is 1. The maximum Gasteiger partial charge on any atom is 0.265 e. The molecule has 0 aliphatic carbocycles. The molecule has 16 heavy (non-hydrogen) atoms. The van der Waals surface area contributed by atoms with Gasteiger partial charge in [-0.1, -0.05) is 0 Å². The Hall–Kier alpha value is -0.610. The summed E-state index contributed by atoms with van der Waals surface area (Å²) in [6, 6.07) is 0. The normalized spacial score (nSPS) is 17.8. The maximum absolute atomic E-state index is 12.2. The zero-order valence-electron chi connectivity index (χ0n) is 9.49. The van der Waals surface area contributed by atoms with Gasteiger partial charge in [0.15, 0.2) is 0 Å². The van der Waals surface area contributed by atoms with Gasteiger partial charge < -0.3 is 4.90 Å². The van der Waals surface area contributed by atoms with E-state index in [0.29, 0.717) is 0 Å². The second-order valence-electron chi connectivity index (χ2n) is 4.11. The minimum atomic E-state index is 0.117. The third-order valence-electron chi connectivity index (χ3n) is 2.81. The number of halogens is 1. The summed E-state index contributed by atoms with van der Waals surface area (Å²) in [6.45, 7) is 5.36. The van der Waals surface area contributed by atoms with Crippen molar-refractivity contribution in [2.45, 2.75) is 32.1 Å². The second-order valence-corrected chi connectivity index (χ2v) is 5.93. The molecule has 1 aromatic heterocycles. The van der Waals surface area contributed by atoms with Crippen LogP contribution in [0, 0.1) is 13.8 Å². The van der Waals surface area contributed by atoms with Crippen molar-refractivity contribution in [1.29, 1.82) is 0 Å². The van der Waals surface area contributed by atoms with Crippen LogP contribution < -0.4 is 0 Å². The van der Waals surface area contributed by atoms with Crippen molar-refractivity contribution < 1.29 is 4.79 Å². The molecule has 3 nitrogen and oxygen atoms in total. The number of aryl methyl sites for hydroxylation is 2. The van der Waals surface area contributed by atoms with Crippen LogP contribution in [0.4, 0.5) is 0 Å². The molecule has 0 aromatic carbocycles. The average molecular weight is 259 g/mol. The Morgan fingerprint density at radius 3 is 2.56 bits per heavy atom. The van der Waals surface area contributed by atoms with Crippen LogP contribution in [0.5, 0.6) is 0 Å². The lowest BCUT2D eigenvalue weighted by Crippen LogP contribution is -2.38. The van der Waals surface area contributed by atoms with Crippen LogP contribution >= 0.6 is 22.9 Å². The Morgan fingerprint density at radius 2 is 2.06 bits per heavy atom. The first-order chi connectivity index (χ1) is 7.58. The lowest BCUT2D eigenvalue weighted by atomic mass is 10.1. The van der Waals surface area contributed by atoms with Crippen LogP contribution in [0.15, 0.2) is 0 Å². The van der Waals surface area contributed by atoms with Gasteiger partial charge in [0.25, 0.3) is 5.91 Å². The molecule has 1 aromatic rings. The van der Waals surface area contributed by atoms with Gasteiger partial charge >= 0.3 is 0 Å². The monoisotopic (exact) mass is 258 g/mol. The maximum atomic E-state index is 12.2. The first-order valence-electron chi connectivity index (χ1n) is 5.45. The molecule has 1 amide bonds. The summed E-state index contributed by atoms with van der Waals surface area (Å²) in [6.07, 6.45) is 1.79. The Bertz CT molecular complexity index is 397. The highest BCUT2D eigenvalue weighted by molar-refractivity contribution is 7.13. The number of piperidine rings is 1. The van der Waals surface area contributed by atoms with Crippen molar-refractivity contribution in [1.82, 2.24) is 9.88 Å². The molecule has 1 aliphatic rings. The molecule has 0 N–H and O–H groups in total. The number of hydrogen-bond donors (Lipinski definition) is 0. The molecule has 1 saturated heterocycles. The molecule has 1 aliphatic heterocycles. The number of carbonyl (C=O) groups excluding carboxylic acids is 1. The standard InChI is InChI=1S/C11H15ClN2OS/c1-7-10(16-8(2)13-7)11(15)14-5-3-9(12)4-6-14/h9H,3-6H2,1-2H3. The number of nitrogens with zero attached hydrogens (tertiary/aromatic N) is 2. The van der Waals surface area contributed by atoms with Crippen LogP contribution in [-0.2, 0) is 0 Å². The fraction of sp³-hybridized carbons (Fsp3) is 0.636. The van der Waals surface area contributed by atoms with Gasteiger partial charge in [-0.2, -0.15) is 0 Å². The fourth-order valence-electron chi connectivity index (χ4n) is 1.92. The molecule has 0 saturated carbocycles. The van der Waals surface area contributed by atoms with E-state index < -0.39 is 0 Å². The number of likely N-dealkylation sites (tertiary alicyclic amines) is 1. The van der Waals surface area contributed by atoms with Gasteiger partial charge in [0.2, 0.25) is 0 Å². The molecule has 88 valence electrons. The molecule has 0 spiro atoms. The van der Waals surface area contributed by atoms with E-state index in [0.717, 1.165) is 41.5 Å². The van der Waals surface area contributed by atoms with E-state index in [1.54, 1.807) is 0 Å². The molecule has 0 bridgehead atoms. The molecule has 2 heterocycles. The minimum Gasteiger partial charge on any atom is -0.338 e. The highest BCUT2D eigenvalue weighted by Crippen LogP contribution is 2.22. The zero-order valence-corrected chi connectivity index (χ0v) is 11.1. The van der Waals surface area contributed by atoms with E-state index >= 15 is 0 Å². The number of thiazole rings is 1. The van der Waals surface area contributed by atoms with Crippen LogP contribution in [0.1, 0.15) is 33.2 Å². The predicted octanol–water partition coefficient (Wildman–Crippen LogP) is 2.60. The van der Waals surface area contributed by atoms with Crippen molar-refractivity contribution in [3.8, 4) is 0 Å². The highest BCUT2D eigenvalue weighted by Gasteiger charge is 2.24. The first-order valence-corrected chi connectivity index (χ1v) is 6.70. The van der Waals surface area contributed by atoms with Crippen molar-refractivity contribution in [2.75, 3.05) is 13.1 Å². The van der Waals surface area contributed by atoms with Crippen LogP contribution in [0.25, 0.3) is 0 Å². The Balaban J connectivity index is 2.10. The molecule has 5 heteroatoms. The first kappa shape index (κ1) is 11.9. The minimum absolute atomic E-state index is 0.117. The molecular weight excluding hydrogens is 244 g/mol. The van der Waals surface area contributed by atoms with Gasteiger partial charge in [-0.05, 0) is 26.7 Å². The van der Waals surface area contributed by atoms with E-state index in [1.807, 2.05) is 18.7 Å². The van der Waals surface area contributed by atoms with E-state index in [4.69, 9.17) is 11.6 Å². The van der Waals surface area contributed by atoms with Crippen LogP contribution in [-0.4, -0.2) is 34.3 Å². The number of alkyl halides is 1. The average Bonchev–Trinajstić information content (AvgIpc) is 2.58. The smallest absolute Gasteiger partial charge is 0.265 e. The van der Waals surface area contributed by atoms with Gasteiger partial charge in [0, 0.05) is 18.5 Å². The summed E-state index contributed by atoms with van der Waals surface area (Å²) in [4.78, 5) is 19.2. The summed E-state index contributed by atoms with van der Waals surface area (Å²) < 4.78 is 0. The SMILES string of the molecule is Cc1nc(C)c(C(=O)N2CCC(Cl)CC2)s1. The number of rotatable bonds is 1. The van der Waals surface area contributed by atoms with E-state index in [9.17, 15) is 4.79 Å². The summed E-state index contributed by atoms with van der Waals surface area (Å²) in [7, 11) is 0. The largest absolute Gasteiger partial charge is 0.338 e. The predicted molar refractivity (Wildman–Crippen MR) is 66.4 cm³/mol. The van der Waals surface area contributed by atoms with E-state index in [-0.39, 0.29) is 11.3 Å². The van der Waals surface area contributed by atoms with Crippen molar-refractivity contribution in [2.24, 2.45) is 0 Å². The molecule has 0 atom stereocenters. The van der Waals surface area contributed by atoms with Gasteiger partial charge in [0.1, 0.15) is 4.88 Å². The molecular formula is C11H15ClN2OS. The lowest BCUT2D eigenvalue weighted by molar-refractivity contribution is 0.0730.